The van der Waals surface area contributed by atoms with Crippen LogP contribution in [0, 0.1) is 6.92 Å². The number of sulfonamides is 1. The lowest BCUT2D eigenvalue weighted by atomic mass is 10.2. The lowest BCUT2D eigenvalue weighted by Gasteiger charge is -2.10. The van der Waals surface area contributed by atoms with Gasteiger partial charge in [-0.05, 0) is 30.7 Å². The van der Waals surface area contributed by atoms with Crippen molar-refractivity contribution in [3.05, 3.63) is 38.5 Å². The fraction of sp³-hybridized carbons (Fsp3) is 0.0909. The number of hydrogen-bond donors (Lipinski definition) is 2. The summed E-state index contributed by atoms with van der Waals surface area (Å²) < 4.78 is 27.2. The highest BCUT2D eigenvalue weighted by molar-refractivity contribution is 7.93. The lowest BCUT2D eigenvalue weighted by Crippen LogP contribution is -2.13. The summed E-state index contributed by atoms with van der Waals surface area (Å²) in [6.07, 6.45) is 0. The topological polar surface area (TPSA) is 72.2 Å². The van der Waals surface area contributed by atoms with Crippen molar-refractivity contribution in [3.8, 4) is 0 Å². The van der Waals surface area contributed by atoms with E-state index in [1.807, 2.05) is 6.92 Å². The summed E-state index contributed by atoms with van der Waals surface area (Å²) in [4.78, 5) is -0.0509. The van der Waals surface area contributed by atoms with Crippen LogP contribution in [-0.4, -0.2) is 8.42 Å². The van der Waals surface area contributed by atoms with E-state index in [0.717, 1.165) is 16.9 Å². The quantitative estimate of drug-likeness (QED) is 0.838. The third kappa shape index (κ3) is 3.14. The average Bonchev–Trinajstić information content (AvgIpc) is 2.63. The van der Waals surface area contributed by atoms with Gasteiger partial charge in [-0.3, -0.25) is 4.72 Å². The molecule has 3 N–H and O–H groups in total. The average molecular weight is 337 g/mol. The van der Waals surface area contributed by atoms with Gasteiger partial charge in [0.05, 0.1) is 15.7 Å². The van der Waals surface area contributed by atoms with Gasteiger partial charge in [-0.1, -0.05) is 29.3 Å². The van der Waals surface area contributed by atoms with Crippen molar-refractivity contribution in [2.45, 2.75) is 11.8 Å². The molecule has 2 aromatic rings. The third-order valence-electron chi connectivity index (χ3n) is 2.37. The smallest absolute Gasteiger partial charge is 0.264 e. The van der Waals surface area contributed by atoms with Crippen molar-refractivity contribution in [1.29, 1.82) is 0 Å². The van der Waals surface area contributed by atoms with Crippen molar-refractivity contribution in [2.75, 3.05) is 10.5 Å². The summed E-state index contributed by atoms with van der Waals surface area (Å²) in [6, 6.07) is 6.38. The van der Waals surface area contributed by atoms with Gasteiger partial charge in [0.15, 0.2) is 0 Å². The molecular formula is C11H10Cl2N2O2S2. The molecule has 0 atom stereocenters. The minimum Gasteiger partial charge on any atom is -0.397 e. The molecule has 0 spiro atoms. The lowest BCUT2D eigenvalue weighted by molar-refractivity contribution is 0.601. The van der Waals surface area contributed by atoms with Crippen LogP contribution >= 0.6 is 34.5 Å². The van der Waals surface area contributed by atoms with Crippen molar-refractivity contribution in [1.82, 2.24) is 0 Å². The number of rotatable bonds is 3. The fourth-order valence-corrected chi connectivity index (χ4v) is 4.70. The third-order valence-corrected chi connectivity index (χ3v) is 5.49. The predicted octanol–water partition coefficient (Wildman–Crippen LogP) is 3.75. The Bertz CT molecular complexity index is 726. The minimum atomic E-state index is -3.80. The van der Waals surface area contributed by atoms with Crippen LogP contribution in [-0.2, 0) is 10.0 Å². The van der Waals surface area contributed by atoms with Crippen LogP contribution < -0.4 is 10.5 Å². The van der Waals surface area contributed by atoms with Crippen molar-refractivity contribution < 1.29 is 8.42 Å². The maximum Gasteiger partial charge on any atom is 0.264 e. The maximum absolute atomic E-state index is 12.2. The van der Waals surface area contributed by atoms with Crippen LogP contribution in [0.25, 0.3) is 0 Å². The number of nitrogen functional groups attached to an aromatic ring is 1. The molecule has 1 aromatic carbocycles. The van der Waals surface area contributed by atoms with Crippen LogP contribution in [0.5, 0.6) is 0 Å². The Balaban J connectivity index is 2.42. The van der Waals surface area contributed by atoms with Gasteiger partial charge in [-0.25, -0.2) is 8.42 Å². The van der Waals surface area contributed by atoms with E-state index in [1.165, 1.54) is 6.07 Å². The van der Waals surface area contributed by atoms with Gasteiger partial charge in [0.2, 0.25) is 0 Å². The van der Waals surface area contributed by atoms with Crippen LogP contribution in [0.2, 0.25) is 8.67 Å². The fourth-order valence-electron chi connectivity index (χ4n) is 1.47. The summed E-state index contributed by atoms with van der Waals surface area (Å²) in [5.41, 5.74) is 7.28. The van der Waals surface area contributed by atoms with Gasteiger partial charge in [-0.2, -0.15) is 0 Å². The standard InChI is InChI=1S/C11H10Cl2N2O2S2/c1-6-2-3-7(14)8(4-6)15-19(16,17)9-5-10(12)18-11(9)13/h2-5,15H,14H2,1H3. The highest BCUT2D eigenvalue weighted by Gasteiger charge is 2.21. The van der Waals surface area contributed by atoms with E-state index in [4.69, 9.17) is 28.9 Å². The number of hydrogen-bond acceptors (Lipinski definition) is 4. The van der Waals surface area contributed by atoms with E-state index in [-0.39, 0.29) is 9.23 Å². The van der Waals surface area contributed by atoms with Gasteiger partial charge in [0.25, 0.3) is 10.0 Å². The monoisotopic (exact) mass is 336 g/mol. The summed E-state index contributed by atoms with van der Waals surface area (Å²) >= 11 is 12.6. The largest absolute Gasteiger partial charge is 0.397 e. The second kappa shape index (κ2) is 5.20. The molecule has 102 valence electrons. The molecule has 0 radical (unpaired) electrons. The molecule has 1 aromatic heterocycles. The molecule has 4 nitrogen and oxygen atoms in total. The Labute approximate surface area is 125 Å². The first-order chi connectivity index (χ1) is 8.79. The van der Waals surface area contributed by atoms with Crippen molar-refractivity contribution >= 4 is 55.9 Å². The second-order valence-corrected chi connectivity index (χ2v) is 7.82. The number of anilines is 2. The highest BCUT2D eigenvalue weighted by atomic mass is 35.5. The van der Waals surface area contributed by atoms with Gasteiger partial charge in [-0.15, -0.1) is 11.3 Å². The highest BCUT2D eigenvalue weighted by Crippen LogP contribution is 2.35. The first kappa shape index (κ1) is 14.5. The molecular weight excluding hydrogens is 327 g/mol. The zero-order valence-electron chi connectivity index (χ0n) is 9.78. The van der Waals surface area contributed by atoms with E-state index in [0.29, 0.717) is 15.7 Å². The van der Waals surface area contributed by atoms with Crippen LogP contribution in [0.1, 0.15) is 5.56 Å². The molecule has 0 bridgehead atoms. The Hall–Kier alpha value is -0.950. The van der Waals surface area contributed by atoms with Gasteiger partial charge < -0.3 is 5.73 Å². The molecule has 0 aliphatic heterocycles. The molecule has 0 aliphatic carbocycles. The van der Waals surface area contributed by atoms with E-state index in [1.54, 1.807) is 18.2 Å². The van der Waals surface area contributed by atoms with Crippen molar-refractivity contribution in [3.63, 3.8) is 0 Å². The second-order valence-electron chi connectivity index (χ2n) is 3.88. The summed E-state index contributed by atoms with van der Waals surface area (Å²) in [5, 5.41) is 0. The zero-order valence-corrected chi connectivity index (χ0v) is 12.9. The first-order valence-electron chi connectivity index (χ1n) is 5.13. The molecule has 0 saturated heterocycles. The maximum atomic E-state index is 12.2. The number of halogens is 2. The number of nitrogens with one attached hydrogen (secondary N) is 1. The van der Waals surface area contributed by atoms with Crippen LogP contribution in [0.15, 0.2) is 29.2 Å². The molecule has 0 unspecified atom stereocenters. The molecule has 0 fully saturated rings. The van der Waals surface area contributed by atoms with E-state index in [9.17, 15) is 8.42 Å². The number of benzene rings is 1. The Morgan fingerprint density at radius 2 is 1.95 bits per heavy atom. The number of thiophene rings is 1. The number of aryl methyl sites for hydroxylation is 1. The Morgan fingerprint density at radius 1 is 1.26 bits per heavy atom. The van der Waals surface area contributed by atoms with Crippen molar-refractivity contribution in [2.24, 2.45) is 0 Å². The van der Waals surface area contributed by atoms with Crippen LogP contribution in [0.3, 0.4) is 0 Å². The summed E-state index contributed by atoms with van der Waals surface area (Å²) in [7, 11) is -3.80. The molecule has 0 amide bonds. The van der Waals surface area contributed by atoms with E-state index < -0.39 is 10.0 Å². The normalized spacial score (nSPS) is 11.5. The van der Waals surface area contributed by atoms with E-state index in [2.05, 4.69) is 4.72 Å². The predicted molar refractivity (Wildman–Crippen MR) is 80.7 cm³/mol. The number of nitrogens with two attached hydrogens (primary N) is 1. The van der Waals surface area contributed by atoms with Gasteiger partial charge in [0.1, 0.15) is 9.23 Å². The summed E-state index contributed by atoms with van der Waals surface area (Å²) in [6.45, 7) is 1.84. The zero-order chi connectivity index (χ0) is 14.2. The first-order valence-corrected chi connectivity index (χ1v) is 8.19. The van der Waals surface area contributed by atoms with Gasteiger partial charge >= 0.3 is 0 Å². The minimum absolute atomic E-state index is 0.0509. The molecule has 0 aliphatic rings. The molecule has 8 heteroatoms. The molecule has 2 rings (SSSR count). The molecule has 0 saturated carbocycles. The van der Waals surface area contributed by atoms with Gasteiger partial charge in [0, 0.05) is 0 Å². The molecule has 1 heterocycles. The van der Waals surface area contributed by atoms with E-state index >= 15 is 0 Å². The molecule has 19 heavy (non-hydrogen) atoms. The van der Waals surface area contributed by atoms with Crippen LogP contribution in [0.4, 0.5) is 11.4 Å². The Kier molecular flexibility index (Phi) is 3.96. The SMILES string of the molecule is Cc1ccc(N)c(NS(=O)(=O)c2cc(Cl)sc2Cl)c1. The Morgan fingerprint density at radius 3 is 2.53 bits per heavy atom. The summed E-state index contributed by atoms with van der Waals surface area (Å²) in [5.74, 6) is 0.